The largest absolute Gasteiger partial charge is 0.467 e. The topological polar surface area (TPSA) is 72.5 Å². The first kappa shape index (κ1) is 49.7. The maximum absolute atomic E-state index is 14.8. The number of ether oxygens (including phenoxy) is 3. The van der Waals surface area contributed by atoms with E-state index in [4.69, 9.17) is 27.5 Å². The minimum absolute atomic E-state index is 0.0462. The van der Waals surface area contributed by atoms with Gasteiger partial charge in [0.2, 0.25) is 0 Å². The molecule has 68 heavy (non-hydrogen) atoms. The number of carbonyl (C=O) groups is 1. The lowest BCUT2D eigenvalue weighted by Gasteiger charge is -2.52. The third-order valence-corrected chi connectivity index (χ3v) is 29.5. The zero-order chi connectivity index (χ0) is 48.4. The van der Waals surface area contributed by atoms with Gasteiger partial charge in [0, 0.05) is 6.42 Å². The van der Waals surface area contributed by atoms with E-state index in [1.807, 2.05) is 12.1 Å². The molecule has 0 spiro atoms. The minimum atomic E-state index is -3.30. The quantitative estimate of drug-likeness (QED) is 0.0801. The predicted octanol–water partition coefficient (Wildman–Crippen LogP) is 8.55. The highest BCUT2D eigenvalue weighted by molar-refractivity contribution is 7.01. The van der Waals surface area contributed by atoms with E-state index in [2.05, 4.69) is 232 Å². The molecule has 5 atom stereocenters. The number of rotatable bonds is 14. The SMILES string of the molecule is COC(=O)[C@@]1(CO[Si](c2ccccc2)(c2ccccc2)C(C)(C)C)C[C@H]2OC[C@@H](O[Si](c3ccccc3)(c3ccccc3)C(C)(C)C)[C@@H](O[Si](c3ccccc3)(c3ccccc3)C(C)(C)C)[C@H]2O1. The Morgan fingerprint density at radius 3 is 1.16 bits per heavy atom. The van der Waals surface area contributed by atoms with Gasteiger partial charge < -0.3 is 27.5 Å². The molecule has 0 N–H and O–H groups in total. The molecule has 6 aromatic rings. The van der Waals surface area contributed by atoms with Crippen molar-refractivity contribution in [3.63, 3.8) is 0 Å². The van der Waals surface area contributed by atoms with Gasteiger partial charge in [0.25, 0.3) is 25.0 Å². The molecule has 10 heteroatoms. The van der Waals surface area contributed by atoms with Crippen LogP contribution in [0.2, 0.25) is 15.1 Å². The lowest BCUT2D eigenvalue weighted by Crippen LogP contribution is -2.73. The number of methoxy groups -OCH3 is 1. The normalized spacial score (nSPS) is 21.5. The average Bonchev–Trinajstić information content (AvgIpc) is 3.73. The molecule has 7 nitrogen and oxygen atoms in total. The highest BCUT2D eigenvalue weighted by atomic mass is 28.4. The highest BCUT2D eigenvalue weighted by Crippen LogP contribution is 2.47. The molecule has 0 saturated carbocycles. The molecule has 2 fully saturated rings. The first-order valence-electron chi connectivity index (χ1n) is 24.1. The van der Waals surface area contributed by atoms with Crippen molar-refractivity contribution >= 4 is 62.0 Å². The Hall–Kier alpha value is -4.76. The van der Waals surface area contributed by atoms with Crippen LogP contribution in [-0.4, -0.2) is 81.3 Å². The first-order chi connectivity index (χ1) is 32.4. The molecule has 0 amide bonds. The lowest BCUT2D eigenvalue weighted by atomic mass is 9.95. The van der Waals surface area contributed by atoms with E-state index in [0.717, 1.165) is 31.1 Å². The summed E-state index contributed by atoms with van der Waals surface area (Å²) < 4.78 is 44.3. The van der Waals surface area contributed by atoms with E-state index in [9.17, 15) is 4.79 Å². The van der Waals surface area contributed by atoms with Gasteiger partial charge in [-0.25, -0.2) is 4.79 Å². The molecule has 2 heterocycles. The summed E-state index contributed by atoms with van der Waals surface area (Å²) in [6.45, 7) is 20.6. The maximum atomic E-state index is 14.8. The smallest absolute Gasteiger partial charge is 0.340 e. The summed E-state index contributed by atoms with van der Waals surface area (Å²) in [4.78, 5) is 14.8. The second-order valence-electron chi connectivity index (χ2n) is 21.7. The molecule has 8 rings (SSSR count). The first-order valence-corrected chi connectivity index (χ1v) is 29.9. The summed E-state index contributed by atoms with van der Waals surface area (Å²) in [6, 6.07) is 63.8. The molecule has 0 bridgehead atoms. The summed E-state index contributed by atoms with van der Waals surface area (Å²) in [7, 11) is -8.23. The van der Waals surface area contributed by atoms with Crippen molar-refractivity contribution in [1.82, 2.24) is 0 Å². The number of benzene rings is 6. The van der Waals surface area contributed by atoms with Crippen LogP contribution in [0.1, 0.15) is 68.7 Å². The van der Waals surface area contributed by atoms with Crippen molar-refractivity contribution in [3.8, 4) is 0 Å². The fourth-order valence-corrected chi connectivity index (χ4v) is 25.3. The van der Waals surface area contributed by atoms with Gasteiger partial charge in [-0.15, -0.1) is 0 Å². The van der Waals surface area contributed by atoms with Gasteiger partial charge in [-0.2, -0.15) is 0 Å². The fourth-order valence-electron chi connectivity index (χ4n) is 11.3. The van der Waals surface area contributed by atoms with E-state index < -0.39 is 60.9 Å². The second-order valence-corrected chi connectivity index (χ2v) is 34.5. The summed E-state index contributed by atoms with van der Waals surface area (Å²) in [5.74, 6) is -0.498. The van der Waals surface area contributed by atoms with Crippen LogP contribution in [-0.2, 0) is 32.3 Å². The maximum Gasteiger partial charge on any atom is 0.340 e. The molecule has 2 aliphatic rings. The minimum Gasteiger partial charge on any atom is -0.467 e. The van der Waals surface area contributed by atoms with Gasteiger partial charge in [0.15, 0.2) is 5.60 Å². The van der Waals surface area contributed by atoms with Crippen molar-refractivity contribution in [2.24, 2.45) is 0 Å². The third kappa shape index (κ3) is 8.88. The van der Waals surface area contributed by atoms with Gasteiger partial charge >= 0.3 is 5.97 Å². The van der Waals surface area contributed by atoms with Crippen LogP contribution in [0.4, 0.5) is 0 Å². The fraction of sp³-hybridized carbons (Fsp3) is 0.362. The highest BCUT2D eigenvalue weighted by Gasteiger charge is 2.64. The zero-order valence-corrected chi connectivity index (χ0v) is 44.6. The molecular formula is C58H70O7Si3. The Balaban J connectivity index is 1.32. The molecule has 0 radical (unpaired) electrons. The van der Waals surface area contributed by atoms with E-state index in [0.29, 0.717) is 0 Å². The van der Waals surface area contributed by atoms with E-state index >= 15 is 0 Å². The lowest BCUT2D eigenvalue weighted by molar-refractivity contribution is -0.194. The van der Waals surface area contributed by atoms with Crippen molar-refractivity contribution in [2.75, 3.05) is 20.3 Å². The zero-order valence-electron chi connectivity index (χ0n) is 41.6. The number of fused-ring (bicyclic) bond motifs is 1. The Labute approximate surface area is 408 Å². The van der Waals surface area contributed by atoms with Crippen LogP contribution in [0.15, 0.2) is 182 Å². The second kappa shape index (κ2) is 19.6. The number of esters is 1. The Morgan fingerprint density at radius 2 is 0.838 bits per heavy atom. The van der Waals surface area contributed by atoms with Gasteiger partial charge in [-0.3, -0.25) is 0 Å². The number of hydrogen-bond acceptors (Lipinski definition) is 7. The number of carbonyl (C=O) groups excluding carboxylic acids is 1. The van der Waals surface area contributed by atoms with Crippen LogP contribution >= 0.6 is 0 Å². The van der Waals surface area contributed by atoms with Gasteiger partial charge in [0.1, 0.15) is 12.2 Å². The van der Waals surface area contributed by atoms with E-state index in [-0.39, 0.29) is 34.7 Å². The predicted molar refractivity (Wildman–Crippen MR) is 283 cm³/mol. The van der Waals surface area contributed by atoms with Crippen molar-refractivity contribution in [2.45, 2.75) is 114 Å². The molecule has 2 saturated heterocycles. The average molecular weight is 963 g/mol. The Kier molecular flexibility index (Phi) is 14.3. The van der Waals surface area contributed by atoms with Crippen molar-refractivity contribution < 1.29 is 32.3 Å². The Morgan fingerprint density at radius 1 is 0.515 bits per heavy atom. The van der Waals surface area contributed by atoms with Crippen LogP contribution < -0.4 is 31.1 Å². The van der Waals surface area contributed by atoms with Crippen molar-refractivity contribution in [3.05, 3.63) is 182 Å². The molecule has 6 aromatic carbocycles. The monoisotopic (exact) mass is 962 g/mol. The van der Waals surface area contributed by atoms with Crippen LogP contribution in [0.3, 0.4) is 0 Å². The molecule has 0 aliphatic carbocycles. The summed E-state index contributed by atoms with van der Waals surface area (Å²) in [5.41, 5.74) is -1.53. The van der Waals surface area contributed by atoms with Gasteiger partial charge in [0.05, 0.1) is 32.5 Å². The van der Waals surface area contributed by atoms with Crippen LogP contribution in [0.5, 0.6) is 0 Å². The molecule has 0 unspecified atom stereocenters. The molecule has 356 valence electrons. The van der Waals surface area contributed by atoms with E-state index in [1.54, 1.807) is 0 Å². The third-order valence-electron chi connectivity index (χ3n) is 14.4. The molecule has 2 aliphatic heterocycles. The van der Waals surface area contributed by atoms with Gasteiger partial charge in [-0.1, -0.05) is 244 Å². The van der Waals surface area contributed by atoms with Gasteiger partial charge in [-0.05, 0) is 46.2 Å². The van der Waals surface area contributed by atoms with Crippen LogP contribution in [0.25, 0.3) is 0 Å². The van der Waals surface area contributed by atoms with E-state index in [1.165, 1.54) is 7.11 Å². The van der Waals surface area contributed by atoms with Crippen molar-refractivity contribution in [1.29, 1.82) is 0 Å². The summed E-state index contributed by atoms with van der Waals surface area (Å²) in [6.07, 6.45) is -2.37. The summed E-state index contributed by atoms with van der Waals surface area (Å²) in [5, 5.41) is 5.73. The molecule has 0 aromatic heterocycles. The van der Waals surface area contributed by atoms with Crippen LogP contribution in [0, 0.1) is 0 Å². The molecular weight excluding hydrogens is 893 g/mol. The summed E-state index contributed by atoms with van der Waals surface area (Å²) >= 11 is 0. The standard InChI is InChI=1S/C58H70O7Si3/c1-55(2,3)66(44-29-17-11-18-30-44,45-31-19-12-20-32-45)62-43-58(54(59)60-10)41-50-52(63-58)53(65-68(57(7,8)9,48-37-25-15-26-38-48)49-39-27-16-28-40-49)51(42-61-50)64-67(56(4,5)6,46-33-21-13-22-34-46)47-35-23-14-24-36-47/h11-40,50-53H,41-43H2,1-10H3/t50-,51-,52+,53-,58+/m1/s1. The number of hydrogen-bond donors (Lipinski definition) is 0. The Bertz CT molecular complexity index is 2440.